The summed E-state index contributed by atoms with van der Waals surface area (Å²) >= 11 is 0. The van der Waals surface area contributed by atoms with E-state index in [0.29, 0.717) is 17.9 Å². The first kappa shape index (κ1) is 22.1. The van der Waals surface area contributed by atoms with Crippen molar-refractivity contribution in [2.45, 2.75) is 26.0 Å². The summed E-state index contributed by atoms with van der Waals surface area (Å²) in [6, 6.07) is 21.9. The highest BCUT2D eigenvalue weighted by Gasteiger charge is 2.49. The molecule has 1 aliphatic heterocycles. The molecule has 0 aromatic heterocycles. The minimum Gasteiger partial charge on any atom is -0.497 e. The standard InChI is InChI=1S/C26H25N3O4/c1-18-4-6-20(7-5-18)17-33-23-12-8-19(9-13-23)16-27-29-24(30)26(2,28-25(29)31)21-10-14-22(32-3)15-11-21/h4-16H,17H2,1-3H3,(H,28,31)/b27-16+. The molecule has 1 N–H and O–H groups in total. The molecule has 1 atom stereocenters. The van der Waals surface area contributed by atoms with Gasteiger partial charge in [0.1, 0.15) is 23.6 Å². The fourth-order valence-electron chi connectivity index (χ4n) is 3.47. The van der Waals surface area contributed by atoms with Crippen LogP contribution in [-0.2, 0) is 16.9 Å². The number of methoxy groups -OCH3 is 1. The van der Waals surface area contributed by atoms with Gasteiger partial charge >= 0.3 is 6.03 Å². The Balaban J connectivity index is 1.41. The van der Waals surface area contributed by atoms with Crippen LogP contribution in [0.3, 0.4) is 0 Å². The molecule has 7 nitrogen and oxygen atoms in total. The second-order valence-corrected chi connectivity index (χ2v) is 7.99. The zero-order chi connectivity index (χ0) is 23.4. The van der Waals surface area contributed by atoms with Gasteiger partial charge in [-0.15, -0.1) is 5.01 Å². The molecule has 0 aliphatic carbocycles. The minimum absolute atomic E-state index is 0.452. The largest absolute Gasteiger partial charge is 0.497 e. The molecule has 4 rings (SSSR count). The quantitative estimate of drug-likeness (QED) is 0.434. The van der Waals surface area contributed by atoms with Gasteiger partial charge in [0.05, 0.1) is 13.3 Å². The molecular formula is C26H25N3O4. The number of benzene rings is 3. The summed E-state index contributed by atoms with van der Waals surface area (Å²) in [5.74, 6) is 0.932. The molecule has 0 radical (unpaired) electrons. The van der Waals surface area contributed by atoms with E-state index in [-0.39, 0.29) is 0 Å². The second-order valence-electron chi connectivity index (χ2n) is 7.99. The Labute approximate surface area is 192 Å². The number of hydrogen-bond acceptors (Lipinski definition) is 5. The molecule has 3 aromatic rings. The fourth-order valence-corrected chi connectivity index (χ4v) is 3.47. The number of nitrogens with zero attached hydrogens (tertiary/aromatic N) is 2. The molecule has 7 heteroatoms. The molecule has 33 heavy (non-hydrogen) atoms. The molecule has 3 amide bonds. The van der Waals surface area contributed by atoms with Crippen LogP contribution in [0.15, 0.2) is 77.9 Å². The summed E-state index contributed by atoms with van der Waals surface area (Å²) in [4.78, 5) is 25.4. The number of amides is 3. The van der Waals surface area contributed by atoms with E-state index in [1.165, 1.54) is 11.8 Å². The van der Waals surface area contributed by atoms with Crippen molar-refractivity contribution in [1.82, 2.24) is 10.3 Å². The molecule has 1 unspecified atom stereocenters. The SMILES string of the molecule is COc1ccc(C2(C)NC(=O)N(/N=C/c3ccc(OCc4ccc(C)cc4)cc3)C2=O)cc1. The van der Waals surface area contributed by atoms with Crippen LogP contribution in [0.1, 0.15) is 29.2 Å². The Kier molecular flexibility index (Phi) is 6.13. The monoisotopic (exact) mass is 443 g/mol. The number of hydrazone groups is 1. The van der Waals surface area contributed by atoms with E-state index >= 15 is 0 Å². The van der Waals surface area contributed by atoms with Crippen LogP contribution in [0.25, 0.3) is 0 Å². The third-order valence-corrected chi connectivity index (χ3v) is 5.57. The molecule has 0 saturated carbocycles. The molecule has 1 heterocycles. The topological polar surface area (TPSA) is 80.2 Å². The van der Waals surface area contributed by atoms with Gasteiger partial charge in [0.2, 0.25) is 0 Å². The number of imide groups is 1. The number of aryl methyl sites for hydroxylation is 1. The zero-order valence-electron chi connectivity index (χ0n) is 18.7. The fraction of sp³-hybridized carbons (Fsp3) is 0.192. The number of nitrogens with one attached hydrogen (secondary N) is 1. The highest BCUT2D eigenvalue weighted by molar-refractivity contribution is 6.07. The van der Waals surface area contributed by atoms with Gasteiger partial charge in [0.15, 0.2) is 0 Å². The third-order valence-electron chi connectivity index (χ3n) is 5.57. The first-order valence-electron chi connectivity index (χ1n) is 10.5. The van der Waals surface area contributed by atoms with E-state index in [4.69, 9.17) is 9.47 Å². The van der Waals surface area contributed by atoms with E-state index in [9.17, 15) is 9.59 Å². The van der Waals surface area contributed by atoms with Crippen molar-refractivity contribution in [3.63, 3.8) is 0 Å². The highest BCUT2D eigenvalue weighted by atomic mass is 16.5. The van der Waals surface area contributed by atoms with E-state index in [1.54, 1.807) is 38.3 Å². The Hall–Kier alpha value is -4.13. The molecular weight excluding hydrogens is 418 g/mol. The summed E-state index contributed by atoms with van der Waals surface area (Å²) in [5, 5.41) is 7.70. The molecule has 3 aromatic carbocycles. The summed E-state index contributed by atoms with van der Waals surface area (Å²) in [5.41, 5.74) is 2.47. The van der Waals surface area contributed by atoms with Crippen molar-refractivity contribution in [2.75, 3.05) is 7.11 Å². The summed E-state index contributed by atoms with van der Waals surface area (Å²) in [7, 11) is 1.57. The number of urea groups is 1. The van der Waals surface area contributed by atoms with Gasteiger partial charge in [0, 0.05) is 0 Å². The maximum absolute atomic E-state index is 13.0. The van der Waals surface area contributed by atoms with Crippen molar-refractivity contribution < 1.29 is 19.1 Å². The zero-order valence-corrected chi connectivity index (χ0v) is 18.7. The van der Waals surface area contributed by atoms with Gasteiger partial charge in [-0.05, 0) is 66.9 Å². The van der Waals surface area contributed by atoms with Gasteiger partial charge in [0.25, 0.3) is 5.91 Å². The highest BCUT2D eigenvalue weighted by Crippen LogP contribution is 2.30. The number of carbonyl (C=O) groups excluding carboxylic acids is 2. The Morgan fingerprint density at radius 3 is 2.21 bits per heavy atom. The Morgan fingerprint density at radius 2 is 1.58 bits per heavy atom. The molecule has 0 bridgehead atoms. The van der Waals surface area contributed by atoms with Crippen LogP contribution >= 0.6 is 0 Å². The third kappa shape index (κ3) is 4.72. The maximum Gasteiger partial charge on any atom is 0.346 e. The molecule has 1 aliphatic rings. The number of ether oxygens (including phenoxy) is 2. The first-order valence-corrected chi connectivity index (χ1v) is 10.5. The van der Waals surface area contributed by atoms with Gasteiger partial charge in [-0.25, -0.2) is 4.79 Å². The number of rotatable bonds is 7. The van der Waals surface area contributed by atoms with Gasteiger partial charge in [-0.1, -0.05) is 42.0 Å². The van der Waals surface area contributed by atoms with Crippen LogP contribution in [-0.4, -0.2) is 30.3 Å². The van der Waals surface area contributed by atoms with E-state index in [0.717, 1.165) is 21.9 Å². The molecule has 1 fully saturated rings. The number of hydrogen-bond donors (Lipinski definition) is 1. The molecule has 168 valence electrons. The predicted octanol–water partition coefficient (Wildman–Crippen LogP) is 4.38. The van der Waals surface area contributed by atoms with Gasteiger partial charge < -0.3 is 14.8 Å². The lowest BCUT2D eigenvalue weighted by atomic mass is 9.92. The Morgan fingerprint density at radius 1 is 0.939 bits per heavy atom. The maximum atomic E-state index is 13.0. The van der Waals surface area contributed by atoms with Crippen molar-refractivity contribution in [1.29, 1.82) is 0 Å². The average molecular weight is 444 g/mol. The minimum atomic E-state index is -1.20. The molecule has 0 spiro atoms. The van der Waals surface area contributed by atoms with Crippen molar-refractivity contribution in [2.24, 2.45) is 5.10 Å². The normalized spacial score (nSPS) is 18.0. The summed E-state index contributed by atoms with van der Waals surface area (Å²) in [6.45, 7) is 4.18. The lowest BCUT2D eigenvalue weighted by Crippen LogP contribution is -2.40. The summed E-state index contributed by atoms with van der Waals surface area (Å²) in [6.07, 6.45) is 1.47. The van der Waals surface area contributed by atoms with Gasteiger partial charge in [-0.3, -0.25) is 4.79 Å². The van der Waals surface area contributed by atoms with Crippen molar-refractivity contribution in [3.8, 4) is 11.5 Å². The van der Waals surface area contributed by atoms with E-state index < -0.39 is 17.5 Å². The first-order chi connectivity index (χ1) is 15.9. The van der Waals surface area contributed by atoms with Crippen LogP contribution in [0.4, 0.5) is 4.79 Å². The Bertz CT molecular complexity index is 1170. The van der Waals surface area contributed by atoms with Crippen molar-refractivity contribution >= 4 is 18.2 Å². The number of carbonyl (C=O) groups is 2. The van der Waals surface area contributed by atoms with E-state index in [2.05, 4.69) is 10.4 Å². The van der Waals surface area contributed by atoms with Crippen LogP contribution in [0.5, 0.6) is 11.5 Å². The van der Waals surface area contributed by atoms with Gasteiger partial charge in [-0.2, -0.15) is 5.10 Å². The van der Waals surface area contributed by atoms with Crippen LogP contribution in [0, 0.1) is 6.92 Å². The smallest absolute Gasteiger partial charge is 0.346 e. The summed E-state index contributed by atoms with van der Waals surface area (Å²) < 4.78 is 11.0. The van der Waals surface area contributed by atoms with Crippen LogP contribution in [0.2, 0.25) is 0 Å². The van der Waals surface area contributed by atoms with E-state index in [1.807, 2.05) is 55.5 Å². The van der Waals surface area contributed by atoms with Crippen LogP contribution < -0.4 is 14.8 Å². The lowest BCUT2D eigenvalue weighted by molar-refractivity contribution is -0.131. The van der Waals surface area contributed by atoms with Crippen molar-refractivity contribution in [3.05, 3.63) is 95.1 Å². The average Bonchev–Trinajstić information content (AvgIpc) is 3.06. The predicted molar refractivity (Wildman–Crippen MR) is 125 cm³/mol. The second kappa shape index (κ2) is 9.16. The molecule has 1 saturated heterocycles. The lowest BCUT2D eigenvalue weighted by Gasteiger charge is -2.21.